The quantitative estimate of drug-likeness (QED) is 0.497. The number of fused-ring (bicyclic) bond motifs is 2. The van der Waals surface area contributed by atoms with Gasteiger partial charge in [0.25, 0.3) is 0 Å². The van der Waals surface area contributed by atoms with Crippen LogP contribution in [-0.4, -0.2) is 47.0 Å². The van der Waals surface area contributed by atoms with E-state index in [1.54, 1.807) is 12.1 Å². The van der Waals surface area contributed by atoms with E-state index in [4.69, 9.17) is 26.0 Å². The third-order valence-corrected chi connectivity index (χ3v) is 4.43. The second-order valence-electron chi connectivity index (χ2n) is 6.62. The van der Waals surface area contributed by atoms with E-state index in [1.807, 2.05) is 30.3 Å². The van der Waals surface area contributed by atoms with E-state index in [1.165, 1.54) is 0 Å². The highest BCUT2D eigenvalue weighted by Gasteiger charge is 2.17. The number of benzene rings is 2. The molecule has 4 rings (SSSR count). The van der Waals surface area contributed by atoms with E-state index < -0.39 is 0 Å². The van der Waals surface area contributed by atoms with Crippen LogP contribution in [0.1, 0.15) is 6.42 Å². The van der Waals surface area contributed by atoms with E-state index in [9.17, 15) is 0 Å². The molecule has 0 fully saturated rings. The van der Waals surface area contributed by atoms with Gasteiger partial charge in [-0.3, -0.25) is 0 Å². The maximum absolute atomic E-state index is 6.07. The van der Waals surface area contributed by atoms with Crippen molar-refractivity contribution in [2.24, 2.45) is 0 Å². The lowest BCUT2D eigenvalue weighted by molar-refractivity contribution is 0.405. The number of nitrogens with one attached hydrogen (secondary N) is 1. The van der Waals surface area contributed by atoms with E-state index in [-0.39, 0.29) is 0 Å². The van der Waals surface area contributed by atoms with Gasteiger partial charge in [0, 0.05) is 11.6 Å². The molecule has 2 aromatic carbocycles. The molecule has 0 aliphatic rings. The SMILES string of the molecule is CN(C)CCCNc1nc2ccccc2nc1-c1nc2cc(Cl)ccc2o1. The molecule has 0 unspecified atom stereocenters. The fourth-order valence-corrected chi connectivity index (χ4v) is 3.04. The van der Waals surface area contributed by atoms with Crippen LogP contribution in [0.5, 0.6) is 0 Å². The first-order chi connectivity index (χ1) is 13.1. The molecule has 138 valence electrons. The molecule has 4 aromatic rings. The van der Waals surface area contributed by atoms with Gasteiger partial charge in [-0.2, -0.15) is 0 Å². The summed E-state index contributed by atoms with van der Waals surface area (Å²) in [6.45, 7) is 1.77. The van der Waals surface area contributed by atoms with Gasteiger partial charge < -0.3 is 14.6 Å². The van der Waals surface area contributed by atoms with Crippen molar-refractivity contribution in [2.75, 3.05) is 32.5 Å². The van der Waals surface area contributed by atoms with Crippen molar-refractivity contribution in [3.8, 4) is 11.6 Å². The van der Waals surface area contributed by atoms with Crippen LogP contribution in [0, 0.1) is 0 Å². The van der Waals surface area contributed by atoms with E-state index in [2.05, 4.69) is 29.3 Å². The van der Waals surface area contributed by atoms with Crippen molar-refractivity contribution < 1.29 is 4.42 Å². The molecule has 6 nitrogen and oxygen atoms in total. The van der Waals surface area contributed by atoms with Crippen molar-refractivity contribution >= 4 is 39.6 Å². The lowest BCUT2D eigenvalue weighted by Gasteiger charge is -2.12. The first-order valence-electron chi connectivity index (χ1n) is 8.82. The van der Waals surface area contributed by atoms with Crippen LogP contribution in [0.2, 0.25) is 5.02 Å². The molecular weight excluding hydrogens is 362 g/mol. The summed E-state index contributed by atoms with van der Waals surface area (Å²) in [5.74, 6) is 1.10. The zero-order chi connectivity index (χ0) is 18.8. The Kier molecular flexibility index (Phi) is 4.92. The number of nitrogens with zero attached hydrogens (tertiary/aromatic N) is 4. The monoisotopic (exact) mass is 381 g/mol. The largest absolute Gasteiger partial charge is 0.435 e. The lowest BCUT2D eigenvalue weighted by Crippen LogP contribution is -2.17. The number of anilines is 1. The smallest absolute Gasteiger partial charge is 0.250 e. The fourth-order valence-electron chi connectivity index (χ4n) is 2.88. The third-order valence-electron chi connectivity index (χ3n) is 4.20. The number of hydrogen-bond donors (Lipinski definition) is 1. The van der Waals surface area contributed by atoms with Gasteiger partial charge in [0.15, 0.2) is 17.1 Å². The van der Waals surface area contributed by atoms with E-state index >= 15 is 0 Å². The number of hydrogen-bond acceptors (Lipinski definition) is 6. The van der Waals surface area contributed by atoms with Crippen LogP contribution >= 0.6 is 11.6 Å². The molecule has 0 bridgehead atoms. The molecule has 7 heteroatoms. The standard InChI is InChI=1S/C20H20ClN5O/c1-26(2)11-5-10-22-19-18(23-14-6-3-4-7-15(14)24-19)20-25-16-12-13(21)8-9-17(16)27-20/h3-4,6-9,12H,5,10-11H2,1-2H3,(H,22,24). The summed E-state index contributed by atoms with van der Waals surface area (Å²) in [5.41, 5.74) is 3.60. The zero-order valence-electron chi connectivity index (χ0n) is 15.2. The Hall–Kier alpha value is -2.70. The topological polar surface area (TPSA) is 67.1 Å². The summed E-state index contributed by atoms with van der Waals surface area (Å²) in [5, 5.41) is 4.01. The van der Waals surface area contributed by atoms with E-state index in [0.29, 0.717) is 33.5 Å². The van der Waals surface area contributed by atoms with Crippen LogP contribution < -0.4 is 5.32 Å². The van der Waals surface area contributed by atoms with Gasteiger partial charge in [-0.05, 0) is 57.4 Å². The highest BCUT2D eigenvalue weighted by Crippen LogP contribution is 2.30. The van der Waals surface area contributed by atoms with Gasteiger partial charge in [0.05, 0.1) is 11.0 Å². The predicted molar refractivity (Wildman–Crippen MR) is 109 cm³/mol. The van der Waals surface area contributed by atoms with Crippen molar-refractivity contribution in [3.63, 3.8) is 0 Å². The van der Waals surface area contributed by atoms with Crippen LogP contribution in [0.15, 0.2) is 46.9 Å². The molecule has 0 aliphatic heterocycles. The van der Waals surface area contributed by atoms with E-state index in [0.717, 1.165) is 30.5 Å². The highest BCUT2D eigenvalue weighted by atomic mass is 35.5. The normalized spacial score (nSPS) is 11.6. The summed E-state index contributed by atoms with van der Waals surface area (Å²) >= 11 is 6.07. The number of rotatable bonds is 6. The Balaban J connectivity index is 1.74. The Morgan fingerprint density at radius 1 is 1.00 bits per heavy atom. The fraction of sp³-hybridized carbons (Fsp3) is 0.250. The number of aromatic nitrogens is 3. The maximum Gasteiger partial charge on any atom is 0.250 e. The number of oxazole rings is 1. The van der Waals surface area contributed by atoms with Crippen LogP contribution in [-0.2, 0) is 0 Å². The molecule has 0 saturated heterocycles. The second-order valence-corrected chi connectivity index (χ2v) is 7.06. The van der Waals surface area contributed by atoms with Crippen LogP contribution in [0.3, 0.4) is 0 Å². The van der Waals surface area contributed by atoms with Crippen molar-refractivity contribution in [2.45, 2.75) is 6.42 Å². The van der Waals surface area contributed by atoms with Crippen molar-refractivity contribution in [3.05, 3.63) is 47.5 Å². The Morgan fingerprint density at radius 2 is 1.78 bits per heavy atom. The van der Waals surface area contributed by atoms with Gasteiger partial charge in [-0.1, -0.05) is 23.7 Å². The molecular formula is C20H20ClN5O. The first kappa shape index (κ1) is 17.7. The lowest BCUT2D eigenvalue weighted by atomic mass is 10.2. The zero-order valence-corrected chi connectivity index (χ0v) is 16.0. The molecule has 0 atom stereocenters. The minimum absolute atomic E-state index is 0.431. The van der Waals surface area contributed by atoms with Gasteiger partial charge >= 0.3 is 0 Å². The molecule has 0 aliphatic carbocycles. The average Bonchev–Trinajstić information content (AvgIpc) is 3.07. The Bertz CT molecular complexity index is 1090. The summed E-state index contributed by atoms with van der Waals surface area (Å²) in [7, 11) is 4.12. The Morgan fingerprint density at radius 3 is 2.56 bits per heavy atom. The van der Waals surface area contributed by atoms with Gasteiger partial charge in [0.1, 0.15) is 5.52 Å². The maximum atomic E-state index is 6.07. The van der Waals surface area contributed by atoms with Crippen LogP contribution in [0.4, 0.5) is 5.82 Å². The highest BCUT2D eigenvalue weighted by molar-refractivity contribution is 6.31. The summed E-state index contributed by atoms with van der Waals surface area (Å²) in [4.78, 5) is 16.2. The van der Waals surface area contributed by atoms with Gasteiger partial charge in [0.2, 0.25) is 5.89 Å². The first-order valence-corrected chi connectivity index (χ1v) is 9.20. The average molecular weight is 382 g/mol. The van der Waals surface area contributed by atoms with Crippen molar-refractivity contribution in [1.82, 2.24) is 19.9 Å². The summed E-state index contributed by atoms with van der Waals surface area (Å²) in [6.07, 6.45) is 0.990. The molecule has 0 spiro atoms. The molecule has 0 saturated carbocycles. The molecule has 2 heterocycles. The third kappa shape index (κ3) is 3.86. The number of halogens is 1. The molecule has 2 aromatic heterocycles. The Labute approximate surface area is 162 Å². The summed E-state index contributed by atoms with van der Waals surface area (Å²) < 4.78 is 5.92. The molecule has 0 radical (unpaired) electrons. The van der Waals surface area contributed by atoms with Crippen molar-refractivity contribution in [1.29, 1.82) is 0 Å². The molecule has 0 amide bonds. The minimum atomic E-state index is 0.431. The molecule has 1 N–H and O–H groups in total. The van der Waals surface area contributed by atoms with Gasteiger partial charge in [-0.25, -0.2) is 15.0 Å². The second kappa shape index (κ2) is 7.50. The number of para-hydroxylation sites is 2. The summed E-state index contributed by atoms with van der Waals surface area (Å²) in [6, 6.07) is 13.1. The van der Waals surface area contributed by atoms with Crippen LogP contribution in [0.25, 0.3) is 33.7 Å². The van der Waals surface area contributed by atoms with Gasteiger partial charge in [-0.15, -0.1) is 0 Å². The molecule has 27 heavy (non-hydrogen) atoms. The predicted octanol–water partition coefficient (Wildman–Crippen LogP) is 4.46. The minimum Gasteiger partial charge on any atom is -0.435 e.